The number of piperidine rings is 2. The number of hydrogen-bond donors (Lipinski definition) is 0. The van der Waals surface area contributed by atoms with Crippen LogP contribution in [0.5, 0.6) is 0 Å². The number of benzene rings is 1. The van der Waals surface area contributed by atoms with E-state index in [1.54, 1.807) is 11.1 Å². The maximum atomic E-state index is 11.6. The highest BCUT2D eigenvalue weighted by Crippen LogP contribution is 2.59. The average Bonchev–Trinajstić information content (AvgIpc) is 2.62. The predicted octanol–water partition coefficient (Wildman–Crippen LogP) is 3.55. The van der Waals surface area contributed by atoms with Crippen LogP contribution in [0.3, 0.4) is 0 Å². The van der Waals surface area contributed by atoms with Gasteiger partial charge in [-0.15, -0.1) is 0 Å². The number of likely N-dealkylation sites (N-methyl/N-ethyl adjacent to an activating group) is 1. The molecule has 0 amide bonds. The predicted molar refractivity (Wildman–Crippen MR) is 94.9 cm³/mol. The summed E-state index contributed by atoms with van der Waals surface area (Å²) in [6, 6.07) is 10.3. The Morgan fingerprint density at radius 2 is 2.08 bits per heavy atom. The number of carbonyl (C=O) groups excluding carboxylic acids is 1. The van der Waals surface area contributed by atoms with E-state index in [2.05, 4.69) is 43.1 Å². The third kappa shape index (κ3) is 2.17. The summed E-state index contributed by atoms with van der Waals surface area (Å²) < 4.78 is 5.52. The average molecular weight is 327 g/mol. The minimum atomic E-state index is -0.0603. The first-order valence-electron chi connectivity index (χ1n) is 9.56. The van der Waals surface area contributed by atoms with Gasteiger partial charge in [0, 0.05) is 29.8 Å². The third-order valence-corrected chi connectivity index (χ3v) is 7.26. The zero-order chi connectivity index (χ0) is 16.9. The van der Waals surface area contributed by atoms with E-state index in [0.717, 1.165) is 0 Å². The van der Waals surface area contributed by atoms with Crippen LogP contribution < -0.4 is 0 Å². The Balaban J connectivity index is 1.65. The fraction of sp³-hybridized carbons (Fsp3) is 0.667. The van der Waals surface area contributed by atoms with Gasteiger partial charge in [-0.3, -0.25) is 9.69 Å². The molecule has 2 aliphatic heterocycles. The van der Waals surface area contributed by atoms with E-state index in [4.69, 9.17) is 4.74 Å². The molecule has 1 saturated carbocycles. The zero-order valence-electron chi connectivity index (χ0n) is 15.1. The first-order valence-corrected chi connectivity index (χ1v) is 9.56. The molecule has 4 aliphatic rings. The number of rotatable bonds is 4. The molecule has 3 fully saturated rings. The molecule has 130 valence electrons. The zero-order valence-corrected chi connectivity index (χ0v) is 15.1. The van der Waals surface area contributed by atoms with Gasteiger partial charge in [0.05, 0.1) is 6.61 Å². The maximum absolute atomic E-state index is 11.6. The lowest BCUT2D eigenvalue weighted by molar-refractivity contribution is -0.152. The van der Waals surface area contributed by atoms with E-state index in [-0.39, 0.29) is 5.97 Å². The molecule has 3 unspecified atom stereocenters. The van der Waals surface area contributed by atoms with Crippen molar-refractivity contribution < 1.29 is 9.53 Å². The van der Waals surface area contributed by atoms with Crippen molar-refractivity contribution in [2.24, 2.45) is 11.8 Å². The van der Waals surface area contributed by atoms with Gasteiger partial charge in [0.15, 0.2) is 0 Å². The Kier molecular flexibility index (Phi) is 3.95. The van der Waals surface area contributed by atoms with Crippen molar-refractivity contribution in [1.82, 2.24) is 4.90 Å². The summed E-state index contributed by atoms with van der Waals surface area (Å²) in [5.74, 6) is 1.13. The van der Waals surface area contributed by atoms with Crippen LogP contribution >= 0.6 is 0 Å². The van der Waals surface area contributed by atoms with Gasteiger partial charge in [-0.1, -0.05) is 38.1 Å². The van der Waals surface area contributed by atoms with Crippen LogP contribution in [-0.2, 0) is 21.4 Å². The van der Waals surface area contributed by atoms with Crippen molar-refractivity contribution in [3.8, 4) is 0 Å². The SMILES string of the molecule is CCC(=O)OC[C@H]1CC2C3Cc4ccccc4[C@@]2(CC)CC1N3C. The maximum Gasteiger partial charge on any atom is 0.305 e. The van der Waals surface area contributed by atoms with E-state index >= 15 is 0 Å². The summed E-state index contributed by atoms with van der Waals surface area (Å²) in [5.41, 5.74) is 3.50. The van der Waals surface area contributed by atoms with E-state index in [0.29, 0.717) is 42.4 Å². The Hall–Kier alpha value is -1.35. The summed E-state index contributed by atoms with van der Waals surface area (Å²) in [5, 5.41) is 0. The van der Waals surface area contributed by atoms with E-state index in [1.807, 2.05) is 6.92 Å². The number of ether oxygens (including phenoxy) is 1. The smallest absolute Gasteiger partial charge is 0.305 e. The molecule has 0 N–H and O–H groups in total. The molecule has 2 saturated heterocycles. The summed E-state index contributed by atoms with van der Waals surface area (Å²) >= 11 is 0. The number of fused-ring (bicyclic) bond motifs is 2. The normalized spacial score (nSPS) is 37.1. The first kappa shape index (κ1) is 16.1. The van der Waals surface area contributed by atoms with Crippen LogP contribution in [0.4, 0.5) is 0 Å². The van der Waals surface area contributed by atoms with Gasteiger partial charge in [0.2, 0.25) is 0 Å². The topological polar surface area (TPSA) is 29.5 Å². The van der Waals surface area contributed by atoms with Gasteiger partial charge in [-0.2, -0.15) is 0 Å². The van der Waals surface area contributed by atoms with E-state index < -0.39 is 0 Å². The number of nitrogens with zero attached hydrogens (tertiary/aromatic N) is 1. The molecule has 3 heteroatoms. The quantitative estimate of drug-likeness (QED) is 0.792. The first-order chi connectivity index (χ1) is 11.6. The molecule has 2 aliphatic carbocycles. The van der Waals surface area contributed by atoms with Crippen molar-refractivity contribution in [2.45, 2.75) is 63.5 Å². The van der Waals surface area contributed by atoms with Gasteiger partial charge >= 0.3 is 5.97 Å². The van der Waals surface area contributed by atoms with Gasteiger partial charge in [0.25, 0.3) is 0 Å². The molecule has 5 rings (SSSR count). The molecule has 0 radical (unpaired) electrons. The van der Waals surface area contributed by atoms with Crippen molar-refractivity contribution in [1.29, 1.82) is 0 Å². The number of hydrogen-bond acceptors (Lipinski definition) is 3. The highest BCUT2D eigenvalue weighted by Gasteiger charge is 2.59. The monoisotopic (exact) mass is 327 g/mol. The van der Waals surface area contributed by atoms with Crippen LogP contribution in [-0.4, -0.2) is 36.6 Å². The van der Waals surface area contributed by atoms with Crippen LogP contribution in [0.15, 0.2) is 24.3 Å². The van der Waals surface area contributed by atoms with Gasteiger partial charge in [0.1, 0.15) is 0 Å². The number of carbonyl (C=O) groups is 1. The van der Waals surface area contributed by atoms with Crippen LogP contribution in [0.2, 0.25) is 0 Å². The molecular weight excluding hydrogens is 298 g/mol. The van der Waals surface area contributed by atoms with Gasteiger partial charge in [-0.25, -0.2) is 0 Å². The molecule has 2 heterocycles. The van der Waals surface area contributed by atoms with Gasteiger partial charge < -0.3 is 4.74 Å². The fourth-order valence-corrected chi connectivity index (χ4v) is 6.02. The van der Waals surface area contributed by atoms with E-state index in [1.165, 1.54) is 25.7 Å². The summed E-state index contributed by atoms with van der Waals surface area (Å²) in [6.45, 7) is 4.84. The molecule has 5 atom stereocenters. The van der Waals surface area contributed by atoms with Crippen LogP contribution in [0, 0.1) is 11.8 Å². The Bertz CT molecular complexity index is 642. The largest absolute Gasteiger partial charge is 0.465 e. The Labute approximate surface area is 145 Å². The van der Waals surface area contributed by atoms with E-state index in [9.17, 15) is 4.79 Å². The van der Waals surface area contributed by atoms with Crippen LogP contribution in [0.25, 0.3) is 0 Å². The van der Waals surface area contributed by atoms with Crippen molar-refractivity contribution in [3.63, 3.8) is 0 Å². The second-order valence-corrected chi connectivity index (χ2v) is 8.01. The number of esters is 1. The minimum absolute atomic E-state index is 0.0603. The van der Waals surface area contributed by atoms with Crippen LogP contribution in [0.1, 0.15) is 50.7 Å². The second-order valence-electron chi connectivity index (χ2n) is 8.01. The highest BCUT2D eigenvalue weighted by atomic mass is 16.5. The Morgan fingerprint density at radius 1 is 1.29 bits per heavy atom. The third-order valence-electron chi connectivity index (χ3n) is 7.26. The lowest BCUT2D eigenvalue weighted by Gasteiger charge is -2.65. The van der Waals surface area contributed by atoms with Crippen molar-refractivity contribution in [3.05, 3.63) is 35.4 Å². The van der Waals surface area contributed by atoms with Crippen molar-refractivity contribution >= 4 is 5.97 Å². The summed E-state index contributed by atoms with van der Waals surface area (Å²) in [6.07, 6.45) is 5.30. The molecule has 24 heavy (non-hydrogen) atoms. The lowest BCUT2D eigenvalue weighted by Crippen LogP contribution is -2.68. The Morgan fingerprint density at radius 3 is 2.83 bits per heavy atom. The highest BCUT2D eigenvalue weighted by molar-refractivity contribution is 5.68. The van der Waals surface area contributed by atoms with Gasteiger partial charge in [-0.05, 0) is 49.8 Å². The molecule has 0 aromatic heterocycles. The molecule has 4 bridgehead atoms. The molecule has 3 nitrogen and oxygen atoms in total. The fourth-order valence-electron chi connectivity index (χ4n) is 6.02. The molecular formula is C21H29NO2. The molecule has 1 aromatic rings. The standard InChI is InChI=1S/C21H29NO2/c1-4-20(23)24-13-15-10-17-18-11-14-8-6-7-9-16(14)21(17,5-2)12-19(15)22(18)3/h6-9,15,17-19H,4-5,10-13H2,1-3H3/t15-,17?,18?,19?,21-/m1/s1. The lowest BCUT2D eigenvalue weighted by atomic mass is 9.48. The minimum Gasteiger partial charge on any atom is -0.465 e. The van der Waals surface area contributed by atoms with Crippen molar-refractivity contribution in [2.75, 3.05) is 13.7 Å². The summed E-state index contributed by atoms with van der Waals surface area (Å²) in [7, 11) is 2.30. The summed E-state index contributed by atoms with van der Waals surface area (Å²) in [4.78, 5) is 14.2. The molecule has 0 spiro atoms. The second kappa shape index (κ2) is 5.87. The molecule has 1 aromatic carbocycles.